The monoisotopic (exact) mass is 296 g/mol. The fourth-order valence-corrected chi connectivity index (χ4v) is 6.94. The molecule has 116 valence electrons. The molecule has 0 aromatic rings. The average Bonchev–Trinajstić information content (AvgIpc) is 3.17. The van der Waals surface area contributed by atoms with E-state index in [1.54, 1.807) is 5.20 Å². The molecule has 3 heteroatoms. The van der Waals surface area contributed by atoms with Crippen molar-refractivity contribution >= 4 is 8.07 Å². The minimum atomic E-state index is -1.34. The molecule has 0 spiro atoms. The zero-order chi connectivity index (χ0) is 15.0. The maximum Gasteiger partial charge on any atom is 0.104 e. The summed E-state index contributed by atoms with van der Waals surface area (Å²) in [6.45, 7) is 15.7. The van der Waals surface area contributed by atoms with Gasteiger partial charge in [0.1, 0.15) is 6.10 Å². The van der Waals surface area contributed by atoms with Gasteiger partial charge in [-0.1, -0.05) is 68.7 Å². The summed E-state index contributed by atoms with van der Waals surface area (Å²) >= 11 is 0. The van der Waals surface area contributed by atoms with Gasteiger partial charge in [-0.25, -0.2) is 0 Å². The highest BCUT2D eigenvalue weighted by Crippen LogP contribution is 2.29. The van der Waals surface area contributed by atoms with Crippen molar-refractivity contribution in [2.75, 3.05) is 19.8 Å². The highest BCUT2D eigenvalue weighted by molar-refractivity contribution is 6.85. The van der Waals surface area contributed by atoms with Crippen LogP contribution < -0.4 is 0 Å². The Morgan fingerprint density at radius 1 is 1.35 bits per heavy atom. The van der Waals surface area contributed by atoms with E-state index in [0.717, 1.165) is 26.2 Å². The van der Waals surface area contributed by atoms with E-state index in [1.165, 1.54) is 30.5 Å². The minimum absolute atomic E-state index is 0.364. The minimum Gasteiger partial charge on any atom is -0.375 e. The van der Waals surface area contributed by atoms with Crippen molar-refractivity contribution in [2.45, 2.75) is 64.8 Å². The van der Waals surface area contributed by atoms with Crippen molar-refractivity contribution in [1.29, 1.82) is 0 Å². The molecule has 1 rings (SSSR count). The van der Waals surface area contributed by atoms with E-state index in [0.29, 0.717) is 6.10 Å². The third kappa shape index (κ3) is 6.38. The Hall–Kier alpha value is -0.383. The zero-order valence-electron chi connectivity index (χ0n) is 13.8. The van der Waals surface area contributed by atoms with Crippen LogP contribution in [0.5, 0.6) is 0 Å². The van der Waals surface area contributed by atoms with Crippen molar-refractivity contribution in [3.63, 3.8) is 0 Å². The maximum absolute atomic E-state index is 5.90. The largest absolute Gasteiger partial charge is 0.375 e. The third-order valence-electron chi connectivity index (χ3n) is 4.04. The predicted octanol–water partition coefficient (Wildman–Crippen LogP) is 4.73. The Balaban J connectivity index is 2.69. The zero-order valence-corrected chi connectivity index (χ0v) is 14.8. The number of hydrogen-bond acceptors (Lipinski definition) is 2. The molecule has 1 aliphatic heterocycles. The maximum atomic E-state index is 5.90. The van der Waals surface area contributed by atoms with Crippen LogP contribution >= 0.6 is 0 Å². The molecular weight excluding hydrogens is 264 g/mol. The van der Waals surface area contributed by atoms with Gasteiger partial charge in [-0.2, -0.15) is 0 Å². The van der Waals surface area contributed by atoms with Crippen LogP contribution in [0, 0.1) is 0 Å². The van der Waals surface area contributed by atoms with Gasteiger partial charge in [0.15, 0.2) is 0 Å². The molecule has 0 aromatic heterocycles. The van der Waals surface area contributed by atoms with Crippen molar-refractivity contribution in [3.05, 3.63) is 23.4 Å². The molecule has 1 saturated heterocycles. The molecule has 1 heterocycles. The molecule has 0 amide bonds. The van der Waals surface area contributed by atoms with Gasteiger partial charge in [-0.05, 0) is 13.3 Å². The van der Waals surface area contributed by atoms with Crippen LogP contribution in [0.15, 0.2) is 23.4 Å². The lowest BCUT2D eigenvalue weighted by atomic mass is 10.2. The number of allylic oxidation sites excluding steroid dienone is 2. The summed E-state index contributed by atoms with van der Waals surface area (Å²) < 4.78 is 11.1. The Kier molecular flexibility index (Phi) is 7.78. The number of rotatable bonds is 11. The molecule has 0 aromatic carbocycles. The molecular formula is C17H32O2Si. The molecule has 20 heavy (non-hydrogen) atoms. The van der Waals surface area contributed by atoms with Crippen LogP contribution in [0.25, 0.3) is 0 Å². The van der Waals surface area contributed by atoms with Crippen LogP contribution in [-0.2, 0) is 9.47 Å². The van der Waals surface area contributed by atoms with Gasteiger partial charge in [-0.15, -0.1) is 0 Å². The molecule has 1 unspecified atom stereocenters. The first kappa shape index (κ1) is 17.7. The first-order valence-electron chi connectivity index (χ1n) is 8.05. The van der Waals surface area contributed by atoms with Gasteiger partial charge < -0.3 is 9.47 Å². The second kappa shape index (κ2) is 8.80. The molecule has 0 radical (unpaired) electrons. The number of epoxide rings is 1. The van der Waals surface area contributed by atoms with Crippen LogP contribution in [-0.4, -0.2) is 34.0 Å². The van der Waals surface area contributed by atoms with Gasteiger partial charge in [0.2, 0.25) is 0 Å². The summed E-state index contributed by atoms with van der Waals surface area (Å²) in [6.07, 6.45) is 6.32. The molecule has 0 aliphatic carbocycles. The predicted molar refractivity (Wildman–Crippen MR) is 89.9 cm³/mol. The van der Waals surface area contributed by atoms with Crippen LogP contribution in [0.4, 0.5) is 0 Å². The molecule has 2 nitrogen and oxygen atoms in total. The van der Waals surface area contributed by atoms with E-state index < -0.39 is 8.07 Å². The Bertz CT molecular complexity index is 326. The van der Waals surface area contributed by atoms with E-state index >= 15 is 0 Å². The fraction of sp³-hybridized carbons (Fsp3) is 0.765. The highest BCUT2D eigenvalue weighted by Gasteiger charge is 2.30. The Morgan fingerprint density at radius 3 is 2.40 bits per heavy atom. The van der Waals surface area contributed by atoms with E-state index in [2.05, 4.69) is 40.0 Å². The lowest BCUT2D eigenvalue weighted by Crippen LogP contribution is -2.35. The number of ether oxygens (including phenoxy) is 2. The molecule has 1 atom stereocenters. The molecule has 1 aliphatic rings. The smallest absolute Gasteiger partial charge is 0.104 e. The normalized spacial score (nSPS) is 19.2. The quantitative estimate of drug-likeness (QED) is 0.312. The Morgan fingerprint density at radius 2 is 1.95 bits per heavy atom. The molecule has 0 bridgehead atoms. The van der Waals surface area contributed by atoms with Crippen molar-refractivity contribution in [2.24, 2.45) is 0 Å². The molecule has 1 fully saturated rings. The van der Waals surface area contributed by atoms with Gasteiger partial charge in [0.05, 0.1) is 27.9 Å². The first-order chi connectivity index (χ1) is 9.51. The van der Waals surface area contributed by atoms with E-state index in [1.807, 2.05) is 0 Å². The van der Waals surface area contributed by atoms with Gasteiger partial charge in [0.25, 0.3) is 0 Å². The van der Waals surface area contributed by atoms with Crippen LogP contribution in [0.1, 0.15) is 40.0 Å². The molecule has 0 saturated carbocycles. The van der Waals surface area contributed by atoms with Crippen molar-refractivity contribution < 1.29 is 9.47 Å². The van der Waals surface area contributed by atoms with E-state index in [4.69, 9.17) is 9.47 Å². The second-order valence-electron chi connectivity index (χ2n) is 6.42. The standard InChI is InChI=1S/C17H32O2Si/c1-6-10-20(5,11-7-2)17(9-8-15(3)4)14-18-12-16-13-19-16/h9,16H,3,6-8,10-14H2,1-2,4-5H3. The number of hydrogen-bond donors (Lipinski definition) is 0. The Labute approximate surface area is 126 Å². The summed E-state index contributed by atoms with van der Waals surface area (Å²) in [7, 11) is -1.34. The van der Waals surface area contributed by atoms with Crippen LogP contribution in [0.3, 0.4) is 0 Å². The first-order valence-corrected chi connectivity index (χ1v) is 11.0. The van der Waals surface area contributed by atoms with Gasteiger partial charge >= 0.3 is 0 Å². The second-order valence-corrected chi connectivity index (χ2v) is 11.2. The SMILES string of the molecule is C=C(C)CC=C(COCC1CO1)[Si](C)(CCC)CCC. The highest BCUT2D eigenvalue weighted by atomic mass is 28.3. The summed E-state index contributed by atoms with van der Waals surface area (Å²) in [5.41, 5.74) is 1.23. The van der Waals surface area contributed by atoms with Crippen LogP contribution in [0.2, 0.25) is 18.6 Å². The summed E-state index contributed by atoms with van der Waals surface area (Å²) in [5.74, 6) is 0. The third-order valence-corrected chi connectivity index (χ3v) is 9.15. The summed E-state index contributed by atoms with van der Waals surface area (Å²) in [5, 5.41) is 1.59. The van der Waals surface area contributed by atoms with E-state index in [9.17, 15) is 0 Å². The lowest BCUT2D eigenvalue weighted by Gasteiger charge is -2.30. The van der Waals surface area contributed by atoms with E-state index in [-0.39, 0.29) is 0 Å². The summed E-state index contributed by atoms with van der Waals surface area (Å²) in [6, 6.07) is 2.73. The van der Waals surface area contributed by atoms with Crippen molar-refractivity contribution in [1.82, 2.24) is 0 Å². The summed E-state index contributed by atoms with van der Waals surface area (Å²) in [4.78, 5) is 0. The van der Waals surface area contributed by atoms with Gasteiger partial charge in [-0.3, -0.25) is 0 Å². The average molecular weight is 297 g/mol. The topological polar surface area (TPSA) is 21.8 Å². The fourth-order valence-electron chi connectivity index (χ4n) is 2.79. The van der Waals surface area contributed by atoms with Gasteiger partial charge in [0, 0.05) is 0 Å². The lowest BCUT2D eigenvalue weighted by molar-refractivity contribution is 0.138. The molecule has 0 N–H and O–H groups in total. The van der Waals surface area contributed by atoms with Crippen molar-refractivity contribution in [3.8, 4) is 0 Å².